The number of halogens is 13. The van der Waals surface area contributed by atoms with Gasteiger partial charge in [-0.25, -0.2) is 4.39 Å². The maximum atomic E-state index is 14.3. The number of alkyl halides is 12. The molecule has 8 N–H and O–H groups in total. The molecule has 698 valence electrons. The largest absolute Gasteiger partial charge is 0.573 e. The van der Waals surface area contributed by atoms with Crippen molar-refractivity contribution in [3.63, 3.8) is 0 Å². The summed E-state index contributed by atoms with van der Waals surface area (Å²) in [5, 5.41) is 37.9. The summed E-state index contributed by atoms with van der Waals surface area (Å²) in [5.41, 5.74) is 32.6. The van der Waals surface area contributed by atoms with E-state index in [2.05, 4.69) is 203 Å². The van der Waals surface area contributed by atoms with Crippen LogP contribution in [0.4, 0.5) is 79.8 Å². The molecule has 4 aromatic heterocycles. The van der Waals surface area contributed by atoms with Crippen molar-refractivity contribution in [1.29, 1.82) is 0 Å². The van der Waals surface area contributed by atoms with Crippen molar-refractivity contribution >= 4 is 89.2 Å². The predicted octanol–water partition coefficient (Wildman–Crippen LogP) is 24.9. The highest BCUT2D eigenvalue weighted by Gasteiger charge is 2.49. The maximum absolute atomic E-state index is 14.3. The molecule has 0 unspecified atom stereocenters. The van der Waals surface area contributed by atoms with Crippen LogP contribution in [0.5, 0.6) is 5.75 Å². The average molecular weight is 1850 g/mol. The summed E-state index contributed by atoms with van der Waals surface area (Å²) in [4.78, 5) is 0. The van der Waals surface area contributed by atoms with Crippen molar-refractivity contribution in [2.24, 2.45) is 20.4 Å². The molecule has 0 saturated carbocycles. The molecular weight excluding hydrogens is 1750 g/mol. The van der Waals surface area contributed by atoms with Crippen molar-refractivity contribution < 1.29 is 61.8 Å². The molecule has 30 heteroatoms. The van der Waals surface area contributed by atoms with E-state index in [1.807, 2.05) is 12.1 Å². The van der Waals surface area contributed by atoms with E-state index >= 15 is 0 Å². The van der Waals surface area contributed by atoms with Crippen LogP contribution in [-0.2, 0) is 66.4 Å². The van der Waals surface area contributed by atoms with Crippen LogP contribution in [0.2, 0.25) is 0 Å². The number of hydrogen-bond donors (Lipinski definition) is 8. The summed E-state index contributed by atoms with van der Waals surface area (Å²) < 4.78 is 180. The molecule has 0 bridgehead atoms. The molecule has 8 aliphatic heterocycles. The Hall–Kier alpha value is -12.5. The Morgan fingerprint density at radius 1 is 0.326 bits per heavy atom. The van der Waals surface area contributed by atoms with Crippen molar-refractivity contribution in [1.82, 2.24) is 39.5 Å². The lowest BCUT2D eigenvalue weighted by Gasteiger charge is -2.45. The van der Waals surface area contributed by atoms with E-state index in [0.29, 0.717) is 47.3 Å². The van der Waals surface area contributed by atoms with E-state index in [1.165, 1.54) is 144 Å². The number of allylic oxidation sites excluding steroid dienone is 8. The predicted molar refractivity (Wildman–Crippen MR) is 504 cm³/mol. The van der Waals surface area contributed by atoms with Crippen LogP contribution in [0.1, 0.15) is 194 Å². The quantitative estimate of drug-likeness (QED) is 0.0517. The van der Waals surface area contributed by atoms with Crippen molar-refractivity contribution in [3.8, 4) is 5.75 Å². The number of fused-ring (bicyclic) bond motifs is 16. The fourth-order valence-corrected chi connectivity index (χ4v) is 23.3. The minimum atomic E-state index is -4.70. The van der Waals surface area contributed by atoms with Gasteiger partial charge in [-0.2, -0.15) is 59.9 Å². The number of hydrazone groups is 4. The number of anilines is 4. The first-order valence-corrected chi connectivity index (χ1v) is 46.7. The van der Waals surface area contributed by atoms with Crippen LogP contribution in [0, 0.1) is 12.7 Å². The molecule has 0 saturated heterocycles. The number of para-hydroxylation sites is 2. The van der Waals surface area contributed by atoms with E-state index in [1.54, 1.807) is 12.1 Å². The zero-order chi connectivity index (χ0) is 93.0. The van der Waals surface area contributed by atoms with Gasteiger partial charge in [0.1, 0.15) is 11.6 Å². The van der Waals surface area contributed by atoms with Crippen molar-refractivity contribution in [3.05, 3.63) is 304 Å². The highest BCUT2D eigenvalue weighted by Crippen LogP contribution is 2.55. The molecular formula is C105H101F13N16O. The second-order valence-corrected chi connectivity index (χ2v) is 37.6. The second kappa shape index (κ2) is 35.0. The number of rotatable bonds is 9. The minimum Gasteiger partial charge on any atom is -0.406 e. The molecule has 12 aliphatic rings. The Bertz CT molecular complexity index is 6820. The summed E-state index contributed by atoms with van der Waals surface area (Å²) in [6, 6.07) is 51.3. The van der Waals surface area contributed by atoms with Crippen LogP contribution in [0.3, 0.4) is 0 Å². The van der Waals surface area contributed by atoms with Gasteiger partial charge in [0.2, 0.25) is 0 Å². The van der Waals surface area contributed by atoms with Gasteiger partial charge < -0.3 is 44.3 Å². The summed E-state index contributed by atoms with van der Waals surface area (Å²) in [7, 11) is 0. The molecule has 0 amide bonds. The second-order valence-electron chi connectivity index (χ2n) is 37.6. The smallest absolute Gasteiger partial charge is 0.406 e. The van der Waals surface area contributed by atoms with Crippen LogP contribution >= 0.6 is 0 Å². The van der Waals surface area contributed by atoms with Crippen LogP contribution in [-0.4, -0.2) is 73.7 Å². The number of aromatic nitrogens is 4. The van der Waals surface area contributed by atoms with Gasteiger partial charge >= 0.3 is 24.9 Å². The Morgan fingerprint density at radius 3 is 0.948 bits per heavy atom. The molecule has 24 rings (SSSR count). The third-order valence-corrected chi connectivity index (χ3v) is 29.7. The first kappa shape index (κ1) is 89.0. The molecule has 0 fully saturated rings. The number of aryl methyl sites for hydroxylation is 1. The van der Waals surface area contributed by atoms with E-state index in [-0.39, 0.29) is 39.8 Å². The zero-order valence-electron chi connectivity index (χ0n) is 74.1. The molecule has 12 aromatic rings. The Morgan fingerprint density at radius 2 is 0.630 bits per heavy atom. The fourth-order valence-electron chi connectivity index (χ4n) is 23.3. The first-order valence-electron chi connectivity index (χ1n) is 46.7. The van der Waals surface area contributed by atoms with Gasteiger partial charge in [-0.15, -0.1) is 13.2 Å². The summed E-state index contributed by atoms with van der Waals surface area (Å²) >= 11 is 0. The van der Waals surface area contributed by atoms with E-state index < -0.39 is 41.6 Å². The summed E-state index contributed by atoms with van der Waals surface area (Å²) in [5.74, 6) is -0.482. The number of ether oxygens (including phenoxy) is 1. The number of hydrogen-bond acceptors (Lipinski definition) is 13. The Kier molecular flexibility index (Phi) is 23.1. The van der Waals surface area contributed by atoms with Gasteiger partial charge in [0.25, 0.3) is 0 Å². The normalized spacial score (nSPS) is 25.2. The highest BCUT2D eigenvalue weighted by atomic mass is 19.4. The minimum absolute atomic E-state index is 0.0572. The van der Waals surface area contributed by atoms with Gasteiger partial charge in [0.15, 0.2) is 0 Å². The third kappa shape index (κ3) is 17.1. The summed E-state index contributed by atoms with van der Waals surface area (Å²) in [6.07, 6.45) is 19.1. The molecule has 4 spiro atoms. The monoisotopic (exact) mass is 1850 g/mol. The molecule has 12 heterocycles. The van der Waals surface area contributed by atoms with E-state index in [9.17, 15) is 57.1 Å². The first-order chi connectivity index (χ1) is 65.0. The molecule has 17 nitrogen and oxygen atoms in total. The third-order valence-electron chi connectivity index (χ3n) is 29.7. The Balaban J connectivity index is 0.000000108. The lowest BCUT2D eigenvalue weighted by molar-refractivity contribution is -0.274. The van der Waals surface area contributed by atoms with Gasteiger partial charge in [-0.1, -0.05) is 72.3 Å². The standard InChI is InChI=1S/C27H27F3N4.C26H24F4N4.C26H25F3N4O.C26H25F3N4/c1-17-2-7-24-22(16-17)21-11-15-31-23-10-14-26(34(24)25(21)23)12-8-20(9-13-26)33-32-19-5-3-18(4-6-19)27(28,29)30;27-17-3-6-20-21-10-14-31-22-9-13-25(34(24(21)22)23(20)15-17)11-7-19(8-12-25)33-32-18-4-1-16(2-5-18)26(28,29)30;27-26(28,29)34-19-7-5-17(6-8-19)31-32-18-9-13-25(14-10-18)15-11-22-24-21(12-16-30-22)20-3-1-2-4-23(20)33(24)25;27-26(28,29)17-5-7-18(8-6-17)31-32-19-9-13-25(14-10-19)15-11-22-24-21(12-16-30-22)20-3-1-2-4-23(20)33(24)25/h2-8,12,16,23,31-32H,9-11,13-15H2,1H3;1-7,11,15,22,31-32H,8-10,12-14H2;1-9,13,22,30-31H,10-12,14-16H2;1-9,13,22,30-31H,10-12,14-16H2/b33-20+;33-19+;32-18+;32-19+/t23-,26+;3*22-,25+/m0000/s1. The van der Waals surface area contributed by atoms with Crippen LogP contribution in [0.25, 0.3) is 43.6 Å². The molecule has 0 radical (unpaired) electrons. The van der Waals surface area contributed by atoms with Gasteiger partial charge in [0, 0.05) is 85.0 Å². The number of benzene rings is 8. The average Bonchev–Trinajstić information content (AvgIpc) is 1.58. The van der Waals surface area contributed by atoms with Crippen LogP contribution < -0.4 is 47.7 Å². The van der Waals surface area contributed by atoms with Crippen LogP contribution in [0.15, 0.2) is 251 Å². The zero-order valence-corrected chi connectivity index (χ0v) is 74.1. The number of nitrogens with zero attached hydrogens (tertiary/aromatic N) is 8. The van der Waals surface area contributed by atoms with Gasteiger partial charge in [-0.3, -0.25) is 21.7 Å². The Labute approximate surface area is 770 Å². The fraction of sp³-hybridized carbons (Fsp3) is 0.352. The molecule has 135 heavy (non-hydrogen) atoms. The number of nitrogens with one attached hydrogen (secondary N) is 8. The van der Waals surface area contributed by atoms with E-state index in [0.717, 1.165) is 218 Å². The topological polar surface area (TPSA) is 175 Å². The van der Waals surface area contributed by atoms with E-state index in [4.69, 9.17) is 0 Å². The van der Waals surface area contributed by atoms with Crippen molar-refractivity contribution in [2.45, 2.75) is 207 Å². The summed E-state index contributed by atoms with van der Waals surface area (Å²) in [6.45, 7) is 6.18. The molecule has 4 aliphatic carbocycles. The highest BCUT2D eigenvalue weighted by molar-refractivity contribution is 6.00. The SMILES string of the molecule is Cc1ccc2c(c1)c1c3n2[C@@]2(C=C/C(=N\Nc4ccc(C(F)(F)F)cc4)CC2)CC[C@@H]3NCC1.FC(F)(F)Oc1ccc(N/N=C2\C=C[C@@]3(CC2)CC[C@@H]2NCCc4c2n3c2ccccc42)cc1.FC(F)(F)c1ccc(N/N=C2\C=C[C@@]3(CC2)CC[C@@H]2NCCc4c2n3c2ccccc42)cc1.Fc1ccc2c3c4n(c2c1)[C@@]1(C=C/C(=N\Nc2ccc(C(F)(F)F)cc2)CC1)CC[C@@H]4NCC3. The maximum Gasteiger partial charge on any atom is 0.573 e. The van der Waals surface area contributed by atoms with Gasteiger partial charge in [-0.05, 0) is 348 Å². The molecule has 8 atom stereocenters. The van der Waals surface area contributed by atoms with Crippen molar-refractivity contribution in [2.75, 3.05) is 47.9 Å². The lowest BCUT2D eigenvalue weighted by atomic mass is 9.77. The lowest BCUT2D eigenvalue weighted by Crippen LogP contribution is -2.44. The molecule has 8 aromatic carbocycles. The van der Waals surface area contributed by atoms with Gasteiger partial charge in [0.05, 0.1) is 90.0 Å².